The smallest absolute Gasteiger partial charge is 0.335 e. The van der Waals surface area contributed by atoms with Crippen LogP contribution in [0.15, 0.2) is 68.1 Å². The zero-order valence-corrected chi connectivity index (χ0v) is 22.1. The number of halogens is 1. The molecule has 37 heavy (non-hydrogen) atoms. The van der Waals surface area contributed by atoms with Crippen LogP contribution in [0.1, 0.15) is 26.3 Å². The van der Waals surface area contributed by atoms with Crippen LogP contribution in [0.25, 0.3) is 0 Å². The van der Waals surface area contributed by atoms with Crippen molar-refractivity contribution in [1.29, 1.82) is 0 Å². The summed E-state index contributed by atoms with van der Waals surface area (Å²) in [6, 6.07) is 13.6. The molecule has 1 aromatic heterocycles. The zero-order chi connectivity index (χ0) is 26.5. The van der Waals surface area contributed by atoms with Crippen LogP contribution in [0.5, 0.6) is 5.75 Å². The first-order valence-electron chi connectivity index (χ1n) is 11.7. The molecule has 0 bridgehead atoms. The molecule has 0 saturated carbocycles. The van der Waals surface area contributed by atoms with Gasteiger partial charge < -0.3 is 9.47 Å². The molecule has 2 heterocycles. The topological polar surface area (TPSA) is 120 Å². The predicted octanol–water partition coefficient (Wildman–Crippen LogP) is 3.09. The average Bonchev–Trinajstić information content (AvgIpc) is 3.24. The van der Waals surface area contributed by atoms with Crippen molar-refractivity contribution in [2.24, 2.45) is 9.98 Å². The second-order valence-corrected chi connectivity index (χ2v) is 9.66. The molecule has 1 aliphatic rings. The maximum Gasteiger partial charge on any atom is 0.335 e. The summed E-state index contributed by atoms with van der Waals surface area (Å²) in [4.78, 5) is 49.2. The van der Waals surface area contributed by atoms with Crippen LogP contribution in [0.4, 0.5) is 5.69 Å². The summed E-state index contributed by atoms with van der Waals surface area (Å²) >= 11 is 7.20. The number of nitrogens with one attached hydrogen (secondary N) is 1. The van der Waals surface area contributed by atoms with Crippen LogP contribution in [0, 0.1) is 0 Å². The Morgan fingerprint density at radius 1 is 1.11 bits per heavy atom. The molecule has 194 valence electrons. The van der Waals surface area contributed by atoms with Crippen LogP contribution in [-0.4, -0.2) is 43.2 Å². The molecule has 0 radical (unpaired) electrons. The van der Waals surface area contributed by atoms with E-state index in [-0.39, 0.29) is 30.7 Å². The summed E-state index contributed by atoms with van der Waals surface area (Å²) in [5, 5.41) is 0.521. The molecule has 4 rings (SSSR count). The Morgan fingerprint density at radius 2 is 1.81 bits per heavy atom. The van der Waals surface area contributed by atoms with Crippen LogP contribution in [0.2, 0.25) is 5.02 Å². The van der Waals surface area contributed by atoms with Crippen LogP contribution >= 0.6 is 23.4 Å². The zero-order valence-electron chi connectivity index (χ0n) is 20.5. The van der Waals surface area contributed by atoms with E-state index in [9.17, 15) is 14.4 Å². The average molecular weight is 544 g/mol. The number of benzene rings is 2. The van der Waals surface area contributed by atoms with Crippen molar-refractivity contribution in [2.75, 3.05) is 6.61 Å². The summed E-state index contributed by atoms with van der Waals surface area (Å²) in [5.41, 5.74) is 0.429. The number of rotatable bonds is 7. The fourth-order valence-electron chi connectivity index (χ4n) is 3.64. The highest BCUT2D eigenvalue weighted by Crippen LogP contribution is 2.30. The molecular formula is C25H26ClN5O5S. The lowest BCUT2D eigenvalue weighted by molar-refractivity contribution is -0.142. The fraction of sp³-hybridized carbons (Fsp3) is 0.320. The molecule has 2 atom stereocenters. The molecule has 3 aromatic rings. The number of ether oxygens (including phenoxy) is 2. The van der Waals surface area contributed by atoms with Gasteiger partial charge in [0.2, 0.25) is 5.62 Å². The number of hydrogen-bond donors (Lipinski definition) is 1. The Hall–Kier alpha value is -3.57. The highest BCUT2D eigenvalue weighted by atomic mass is 35.5. The van der Waals surface area contributed by atoms with Crippen molar-refractivity contribution in [2.45, 2.75) is 45.2 Å². The van der Waals surface area contributed by atoms with E-state index in [4.69, 9.17) is 21.1 Å². The van der Waals surface area contributed by atoms with Crippen LogP contribution in [0.3, 0.4) is 0 Å². The van der Waals surface area contributed by atoms with Gasteiger partial charge in [-0.05, 0) is 74.5 Å². The second-order valence-electron chi connectivity index (χ2n) is 8.13. The first-order chi connectivity index (χ1) is 17.8. The lowest BCUT2D eigenvalue weighted by Crippen LogP contribution is -2.49. The first kappa shape index (κ1) is 26.5. The summed E-state index contributed by atoms with van der Waals surface area (Å²) in [6.07, 6.45) is 0. The minimum Gasteiger partial charge on any atom is -0.465 e. The maximum absolute atomic E-state index is 13.0. The third-order valence-electron chi connectivity index (χ3n) is 5.52. The van der Waals surface area contributed by atoms with Crippen molar-refractivity contribution in [3.8, 4) is 5.75 Å². The summed E-state index contributed by atoms with van der Waals surface area (Å²) < 4.78 is 13.4. The van der Waals surface area contributed by atoms with Gasteiger partial charge in [0.1, 0.15) is 11.0 Å². The van der Waals surface area contributed by atoms with Gasteiger partial charge in [-0.1, -0.05) is 23.7 Å². The van der Waals surface area contributed by atoms with E-state index in [0.717, 1.165) is 10.1 Å². The maximum atomic E-state index is 13.0. The SMILES string of the molecule is CCOC(=O)C1SC(Oc2ccc(/N=c3\[nH]c(=O)n(CC)c(=O)n3Cc3ccc(Cl)cc3)cc2)=NC1C. The van der Waals surface area contributed by atoms with Gasteiger partial charge in [-0.25, -0.2) is 24.1 Å². The molecule has 0 fully saturated rings. The van der Waals surface area contributed by atoms with E-state index in [2.05, 4.69) is 15.0 Å². The van der Waals surface area contributed by atoms with Gasteiger partial charge in [0, 0.05) is 11.6 Å². The molecule has 10 nitrogen and oxygen atoms in total. The van der Waals surface area contributed by atoms with Crippen LogP contribution < -0.4 is 21.7 Å². The Labute approximate surface area is 221 Å². The Morgan fingerprint density at radius 3 is 2.46 bits per heavy atom. The van der Waals surface area contributed by atoms with Crippen molar-refractivity contribution in [3.05, 3.63) is 85.7 Å². The predicted molar refractivity (Wildman–Crippen MR) is 143 cm³/mol. The third kappa shape index (κ3) is 6.23. The van der Waals surface area contributed by atoms with Gasteiger partial charge in [0.25, 0.3) is 5.23 Å². The highest BCUT2D eigenvalue weighted by molar-refractivity contribution is 8.15. The van der Waals surface area contributed by atoms with Gasteiger partial charge in [-0.3, -0.25) is 14.3 Å². The Kier molecular flexibility index (Phi) is 8.34. The highest BCUT2D eigenvalue weighted by Gasteiger charge is 2.35. The van der Waals surface area contributed by atoms with E-state index in [1.807, 2.05) is 19.1 Å². The third-order valence-corrected chi connectivity index (χ3v) is 7.00. The lowest BCUT2D eigenvalue weighted by Gasteiger charge is -2.11. The number of thioether (sulfide) groups is 1. The molecular weight excluding hydrogens is 518 g/mol. The molecule has 2 aromatic carbocycles. The number of aliphatic imine (C=N–C) groups is 1. The molecule has 2 unspecified atom stereocenters. The minimum absolute atomic E-state index is 0.116. The number of esters is 1. The van der Waals surface area contributed by atoms with Gasteiger partial charge >= 0.3 is 17.3 Å². The molecule has 0 saturated heterocycles. The van der Waals surface area contributed by atoms with E-state index >= 15 is 0 Å². The van der Waals surface area contributed by atoms with Crippen molar-refractivity contribution >= 4 is 40.2 Å². The molecule has 0 spiro atoms. The quantitative estimate of drug-likeness (QED) is 0.457. The summed E-state index contributed by atoms with van der Waals surface area (Å²) in [7, 11) is 0. The Balaban J connectivity index is 1.59. The lowest BCUT2D eigenvalue weighted by atomic mass is 10.2. The van der Waals surface area contributed by atoms with Gasteiger partial charge in [-0.15, -0.1) is 0 Å². The van der Waals surface area contributed by atoms with E-state index in [0.29, 0.717) is 28.3 Å². The minimum atomic E-state index is -0.542. The van der Waals surface area contributed by atoms with E-state index < -0.39 is 16.6 Å². The molecule has 12 heteroatoms. The fourth-order valence-corrected chi connectivity index (χ4v) is 4.78. The second kappa shape index (κ2) is 11.7. The summed E-state index contributed by atoms with van der Waals surface area (Å²) in [5.74, 6) is 0.188. The number of aromatic nitrogens is 3. The molecule has 0 aliphatic carbocycles. The number of H-pyrrole nitrogens is 1. The normalized spacial score (nSPS) is 17.5. The monoisotopic (exact) mass is 543 g/mol. The first-order valence-corrected chi connectivity index (χ1v) is 13.0. The van der Waals surface area contributed by atoms with Gasteiger partial charge in [0.15, 0.2) is 0 Å². The van der Waals surface area contributed by atoms with Crippen molar-refractivity contribution in [1.82, 2.24) is 14.1 Å². The number of nitrogens with zero attached hydrogens (tertiary/aromatic N) is 4. The number of carbonyl (C=O) groups excluding carboxylic acids is 1. The molecule has 1 N–H and O–H groups in total. The van der Waals surface area contributed by atoms with E-state index in [1.54, 1.807) is 50.2 Å². The number of carbonyl (C=O) groups is 1. The Bertz CT molecular complexity index is 1490. The standard InChI is InChI=1S/C25H26ClN5O5S/c1-4-30-23(33)29-22(31(25(30)34)14-16-6-8-17(26)9-7-16)28-18-10-12-19(13-11-18)36-24-27-15(3)20(37-24)21(32)35-5-2/h6-13,15,20H,4-5,14H2,1-3H3,(H,28,29,33). The summed E-state index contributed by atoms with van der Waals surface area (Å²) in [6.45, 7) is 6.04. The number of aromatic amines is 1. The molecule has 1 aliphatic heterocycles. The molecule has 0 amide bonds. The van der Waals surface area contributed by atoms with Gasteiger partial charge in [-0.2, -0.15) is 0 Å². The number of hydrogen-bond acceptors (Lipinski definition) is 8. The van der Waals surface area contributed by atoms with Gasteiger partial charge in [0.05, 0.1) is 24.9 Å². The van der Waals surface area contributed by atoms with Crippen molar-refractivity contribution < 1.29 is 14.3 Å². The van der Waals surface area contributed by atoms with E-state index in [1.165, 1.54) is 16.3 Å². The largest absolute Gasteiger partial charge is 0.465 e. The van der Waals surface area contributed by atoms with Crippen molar-refractivity contribution in [3.63, 3.8) is 0 Å². The van der Waals surface area contributed by atoms with Crippen LogP contribution in [-0.2, 0) is 22.6 Å².